The van der Waals surface area contributed by atoms with Gasteiger partial charge in [-0.3, -0.25) is 0 Å². The Labute approximate surface area is 119 Å². The van der Waals surface area contributed by atoms with Gasteiger partial charge in [0.05, 0.1) is 16.6 Å². The number of nitriles is 1. The van der Waals surface area contributed by atoms with Gasteiger partial charge in [0.25, 0.3) is 0 Å². The first-order valence-electron chi connectivity index (χ1n) is 6.96. The van der Waals surface area contributed by atoms with Crippen LogP contribution in [0.5, 0.6) is 0 Å². The van der Waals surface area contributed by atoms with Gasteiger partial charge in [-0.2, -0.15) is 5.26 Å². The predicted molar refractivity (Wildman–Crippen MR) is 82.4 cm³/mol. The molecule has 2 rings (SSSR count). The monoisotopic (exact) mass is 268 g/mol. The number of nitrogens with two attached hydrogens (primary N) is 1. The maximum Gasteiger partial charge on any atom is 0.145 e. The van der Waals surface area contributed by atoms with Crippen molar-refractivity contribution in [3.8, 4) is 6.07 Å². The van der Waals surface area contributed by atoms with Crippen LogP contribution in [0.4, 0.5) is 5.82 Å². The van der Waals surface area contributed by atoms with E-state index in [0.717, 1.165) is 23.7 Å². The van der Waals surface area contributed by atoms with E-state index in [1.54, 1.807) is 0 Å². The summed E-state index contributed by atoms with van der Waals surface area (Å²) in [6.45, 7) is 4.70. The van der Waals surface area contributed by atoms with E-state index in [9.17, 15) is 5.26 Å². The van der Waals surface area contributed by atoms with Crippen LogP contribution < -0.4 is 11.1 Å². The highest BCUT2D eigenvalue weighted by molar-refractivity contribution is 5.82. The first-order chi connectivity index (χ1) is 9.68. The van der Waals surface area contributed by atoms with Gasteiger partial charge in [0, 0.05) is 11.9 Å². The molecule has 0 unspecified atom stereocenters. The van der Waals surface area contributed by atoms with Crippen LogP contribution in [0, 0.1) is 11.3 Å². The molecule has 2 aromatic rings. The average Bonchev–Trinajstić information content (AvgIpc) is 2.52. The van der Waals surface area contributed by atoms with Crippen molar-refractivity contribution in [3.63, 3.8) is 0 Å². The zero-order valence-electron chi connectivity index (χ0n) is 12.0. The number of pyridine rings is 1. The number of nitrogens with zero attached hydrogens (tertiary/aromatic N) is 2. The van der Waals surface area contributed by atoms with Gasteiger partial charge in [0.1, 0.15) is 11.9 Å². The SMILES string of the molecule is CCC(CC)(CN)Nc1nc2ccccc2cc1C#N. The van der Waals surface area contributed by atoms with Crippen LogP contribution in [0.3, 0.4) is 0 Å². The Morgan fingerprint density at radius 3 is 2.60 bits per heavy atom. The second-order valence-corrected chi connectivity index (χ2v) is 5.01. The number of rotatable bonds is 5. The second-order valence-electron chi connectivity index (χ2n) is 5.01. The molecule has 0 aliphatic carbocycles. The van der Waals surface area contributed by atoms with Crippen LogP contribution in [0.25, 0.3) is 10.9 Å². The van der Waals surface area contributed by atoms with Gasteiger partial charge in [-0.15, -0.1) is 0 Å². The van der Waals surface area contributed by atoms with Gasteiger partial charge in [-0.1, -0.05) is 32.0 Å². The molecule has 20 heavy (non-hydrogen) atoms. The molecular formula is C16H20N4. The van der Waals surface area contributed by atoms with Gasteiger partial charge in [0.15, 0.2) is 0 Å². The summed E-state index contributed by atoms with van der Waals surface area (Å²) in [5, 5.41) is 13.7. The van der Waals surface area contributed by atoms with E-state index in [4.69, 9.17) is 5.73 Å². The van der Waals surface area contributed by atoms with Crippen molar-refractivity contribution in [2.75, 3.05) is 11.9 Å². The molecule has 0 atom stereocenters. The maximum atomic E-state index is 9.33. The van der Waals surface area contributed by atoms with Crippen LogP contribution in [0.2, 0.25) is 0 Å². The molecule has 0 fully saturated rings. The van der Waals surface area contributed by atoms with Crippen LogP contribution >= 0.6 is 0 Å². The summed E-state index contributed by atoms with van der Waals surface area (Å²) in [5.41, 5.74) is 7.14. The van der Waals surface area contributed by atoms with E-state index in [2.05, 4.69) is 30.2 Å². The lowest BCUT2D eigenvalue weighted by atomic mass is 9.92. The van der Waals surface area contributed by atoms with Crippen molar-refractivity contribution in [2.24, 2.45) is 5.73 Å². The highest BCUT2D eigenvalue weighted by Crippen LogP contribution is 2.25. The fourth-order valence-corrected chi connectivity index (χ4v) is 2.31. The van der Waals surface area contributed by atoms with Gasteiger partial charge in [0.2, 0.25) is 0 Å². The minimum absolute atomic E-state index is 0.207. The average molecular weight is 268 g/mol. The number of para-hydroxylation sites is 1. The molecule has 0 aliphatic rings. The van der Waals surface area contributed by atoms with E-state index in [-0.39, 0.29) is 5.54 Å². The molecule has 1 heterocycles. The van der Waals surface area contributed by atoms with Gasteiger partial charge < -0.3 is 11.1 Å². The minimum atomic E-state index is -0.207. The second kappa shape index (κ2) is 5.89. The van der Waals surface area contributed by atoms with Crippen molar-refractivity contribution in [3.05, 3.63) is 35.9 Å². The third-order valence-corrected chi connectivity index (χ3v) is 3.97. The third kappa shape index (κ3) is 2.59. The molecule has 0 saturated heterocycles. The molecule has 0 radical (unpaired) electrons. The summed E-state index contributed by atoms with van der Waals surface area (Å²) < 4.78 is 0. The number of benzene rings is 1. The van der Waals surface area contributed by atoms with E-state index >= 15 is 0 Å². The topological polar surface area (TPSA) is 74.7 Å². The molecule has 3 N–H and O–H groups in total. The molecule has 1 aromatic carbocycles. The molecule has 0 spiro atoms. The summed E-state index contributed by atoms with van der Waals surface area (Å²) in [6, 6.07) is 11.9. The highest BCUT2D eigenvalue weighted by atomic mass is 15.1. The van der Waals surface area contributed by atoms with Gasteiger partial charge in [-0.25, -0.2) is 4.98 Å². The fourth-order valence-electron chi connectivity index (χ4n) is 2.31. The Hall–Kier alpha value is -2.12. The number of hydrogen-bond donors (Lipinski definition) is 2. The first kappa shape index (κ1) is 14.3. The number of anilines is 1. The third-order valence-electron chi connectivity index (χ3n) is 3.97. The zero-order valence-corrected chi connectivity index (χ0v) is 12.0. The largest absolute Gasteiger partial charge is 0.362 e. The molecule has 0 bridgehead atoms. The normalized spacial score (nSPS) is 11.3. The van der Waals surface area contributed by atoms with E-state index in [1.807, 2.05) is 30.3 Å². The first-order valence-corrected chi connectivity index (χ1v) is 6.96. The van der Waals surface area contributed by atoms with Crippen LogP contribution in [-0.4, -0.2) is 17.1 Å². The molecule has 0 aliphatic heterocycles. The van der Waals surface area contributed by atoms with Crippen molar-refractivity contribution >= 4 is 16.7 Å². The molecule has 4 heteroatoms. The molecule has 4 nitrogen and oxygen atoms in total. The molecular weight excluding hydrogens is 248 g/mol. The number of hydrogen-bond acceptors (Lipinski definition) is 4. The number of aromatic nitrogens is 1. The van der Waals surface area contributed by atoms with Crippen molar-refractivity contribution in [1.29, 1.82) is 5.26 Å². The van der Waals surface area contributed by atoms with E-state index in [0.29, 0.717) is 17.9 Å². The molecule has 0 saturated carbocycles. The Bertz CT molecular complexity index is 630. The summed E-state index contributed by atoms with van der Waals surface area (Å²) in [7, 11) is 0. The van der Waals surface area contributed by atoms with Crippen LogP contribution in [0.1, 0.15) is 32.3 Å². The quantitative estimate of drug-likeness (QED) is 0.874. The Kier molecular flexibility index (Phi) is 4.21. The minimum Gasteiger partial charge on any atom is -0.362 e. The smallest absolute Gasteiger partial charge is 0.145 e. The predicted octanol–water partition coefficient (Wildman–Crippen LogP) is 3.04. The van der Waals surface area contributed by atoms with E-state index < -0.39 is 0 Å². The van der Waals surface area contributed by atoms with Crippen molar-refractivity contribution in [2.45, 2.75) is 32.2 Å². The zero-order chi connectivity index (χ0) is 14.6. The lowest BCUT2D eigenvalue weighted by Gasteiger charge is -2.32. The molecule has 0 amide bonds. The fraction of sp³-hybridized carbons (Fsp3) is 0.375. The Balaban J connectivity index is 2.50. The van der Waals surface area contributed by atoms with Gasteiger partial charge >= 0.3 is 0 Å². The number of nitrogens with one attached hydrogen (secondary N) is 1. The van der Waals surface area contributed by atoms with Crippen molar-refractivity contribution in [1.82, 2.24) is 4.98 Å². The Morgan fingerprint density at radius 1 is 1.30 bits per heavy atom. The van der Waals surface area contributed by atoms with Crippen LogP contribution in [-0.2, 0) is 0 Å². The molecule has 1 aromatic heterocycles. The highest BCUT2D eigenvalue weighted by Gasteiger charge is 2.25. The summed E-state index contributed by atoms with van der Waals surface area (Å²) in [5.74, 6) is 0.625. The van der Waals surface area contributed by atoms with E-state index in [1.165, 1.54) is 0 Å². The lowest BCUT2D eigenvalue weighted by molar-refractivity contribution is 0.444. The Morgan fingerprint density at radius 2 is 2.00 bits per heavy atom. The van der Waals surface area contributed by atoms with Crippen molar-refractivity contribution < 1.29 is 0 Å². The van der Waals surface area contributed by atoms with Crippen LogP contribution in [0.15, 0.2) is 30.3 Å². The van der Waals surface area contributed by atoms with Gasteiger partial charge in [-0.05, 0) is 25.0 Å². The standard InChI is InChI=1S/C16H20N4/c1-3-16(4-2,11-18)20-15-13(10-17)9-12-7-5-6-8-14(12)19-15/h5-9H,3-4,11,18H2,1-2H3,(H,19,20). The summed E-state index contributed by atoms with van der Waals surface area (Å²) in [6.07, 6.45) is 1.78. The number of fused-ring (bicyclic) bond motifs is 1. The molecule has 104 valence electrons. The summed E-state index contributed by atoms with van der Waals surface area (Å²) in [4.78, 5) is 4.59. The maximum absolute atomic E-state index is 9.33. The summed E-state index contributed by atoms with van der Waals surface area (Å²) >= 11 is 0. The lowest BCUT2D eigenvalue weighted by Crippen LogP contribution is -2.44.